The third-order valence-electron chi connectivity index (χ3n) is 2.48. The maximum atomic E-state index is 12.1. The minimum atomic E-state index is -3.95. The van der Waals surface area contributed by atoms with Crippen LogP contribution in [0.3, 0.4) is 0 Å². The number of halogens is 1. The lowest BCUT2D eigenvalue weighted by Crippen LogP contribution is -2.32. The number of nitro groups is 1. The highest BCUT2D eigenvalue weighted by molar-refractivity contribution is 7.89. The molecule has 1 atom stereocenters. The predicted octanol–water partition coefficient (Wildman–Crippen LogP) is 2.14. The first kappa shape index (κ1) is 16.4. The number of sulfonamides is 1. The first-order valence-corrected chi connectivity index (χ1v) is 7.39. The van der Waals surface area contributed by atoms with Crippen LogP contribution in [0, 0.1) is 28.4 Å². The Morgan fingerprint density at radius 1 is 1.55 bits per heavy atom. The van der Waals surface area contributed by atoms with Crippen LogP contribution in [-0.4, -0.2) is 19.4 Å². The van der Waals surface area contributed by atoms with Crippen LogP contribution in [0.5, 0.6) is 0 Å². The van der Waals surface area contributed by atoms with Crippen molar-refractivity contribution in [2.45, 2.75) is 31.2 Å². The standard InChI is InChI=1S/C11H12ClN3O4S/c1-7-5-9(12)10(15(16)17)6-11(7)20(18,19)14-8(2)3-4-13/h5-6,8,14H,3H2,1-2H3. The molecule has 1 aromatic rings. The number of nitriles is 1. The van der Waals surface area contributed by atoms with Gasteiger partial charge in [0.2, 0.25) is 10.0 Å². The van der Waals surface area contributed by atoms with Crippen LogP contribution < -0.4 is 4.72 Å². The van der Waals surface area contributed by atoms with Gasteiger partial charge in [-0.1, -0.05) is 11.6 Å². The van der Waals surface area contributed by atoms with Crippen molar-refractivity contribution in [1.82, 2.24) is 4.72 Å². The van der Waals surface area contributed by atoms with Gasteiger partial charge in [-0.05, 0) is 25.5 Å². The van der Waals surface area contributed by atoms with Crippen molar-refractivity contribution in [3.05, 3.63) is 32.8 Å². The number of nitrogens with zero attached hydrogens (tertiary/aromatic N) is 2. The Bertz CT molecular complexity index is 682. The summed E-state index contributed by atoms with van der Waals surface area (Å²) in [7, 11) is -3.95. The molecule has 1 unspecified atom stereocenters. The van der Waals surface area contributed by atoms with Crippen LogP contribution in [0.15, 0.2) is 17.0 Å². The van der Waals surface area contributed by atoms with Gasteiger partial charge >= 0.3 is 0 Å². The molecule has 0 spiro atoms. The number of nitro benzene ring substituents is 1. The topological polar surface area (TPSA) is 113 Å². The quantitative estimate of drug-likeness (QED) is 0.660. The molecule has 0 aliphatic heterocycles. The molecule has 0 radical (unpaired) electrons. The SMILES string of the molecule is Cc1cc(Cl)c([N+](=O)[O-])cc1S(=O)(=O)NC(C)CC#N. The third kappa shape index (κ3) is 3.66. The zero-order valence-corrected chi connectivity index (χ0v) is 12.3. The fraction of sp³-hybridized carbons (Fsp3) is 0.364. The lowest BCUT2D eigenvalue weighted by molar-refractivity contribution is -0.384. The molecule has 1 N–H and O–H groups in total. The molecule has 0 saturated heterocycles. The highest BCUT2D eigenvalue weighted by Crippen LogP contribution is 2.30. The van der Waals surface area contributed by atoms with Crippen molar-refractivity contribution in [2.24, 2.45) is 0 Å². The smallest absolute Gasteiger partial charge is 0.258 e. The lowest BCUT2D eigenvalue weighted by Gasteiger charge is -2.13. The Hall–Kier alpha value is -1.69. The summed E-state index contributed by atoms with van der Waals surface area (Å²) >= 11 is 5.70. The number of rotatable bonds is 5. The third-order valence-corrected chi connectivity index (χ3v) is 4.52. The maximum Gasteiger partial charge on any atom is 0.289 e. The van der Waals surface area contributed by atoms with Crippen molar-refractivity contribution in [2.75, 3.05) is 0 Å². The van der Waals surface area contributed by atoms with Gasteiger partial charge < -0.3 is 0 Å². The van der Waals surface area contributed by atoms with E-state index in [-0.39, 0.29) is 21.9 Å². The molecule has 9 heteroatoms. The van der Waals surface area contributed by atoms with E-state index in [9.17, 15) is 18.5 Å². The summed E-state index contributed by atoms with van der Waals surface area (Å²) in [5, 5.41) is 19.2. The normalized spacial score (nSPS) is 12.7. The van der Waals surface area contributed by atoms with Gasteiger partial charge in [0, 0.05) is 12.1 Å². The molecular formula is C11H12ClN3O4S. The Morgan fingerprint density at radius 2 is 2.15 bits per heavy atom. The number of benzene rings is 1. The first-order valence-electron chi connectivity index (χ1n) is 5.53. The van der Waals surface area contributed by atoms with Crippen molar-refractivity contribution < 1.29 is 13.3 Å². The Morgan fingerprint density at radius 3 is 2.65 bits per heavy atom. The fourth-order valence-electron chi connectivity index (χ4n) is 1.58. The van der Waals surface area contributed by atoms with Gasteiger partial charge in [-0.25, -0.2) is 13.1 Å². The number of nitrogens with one attached hydrogen (secondary N) is 1. The van der Waals surface area contributed by atoms with Gasteiger partial charge in [-0.3, -0.25) is 10.1 Å². The largest absolute Gasteiger partial charge is 0.289 e. The predicted molar refractivity (Wildman–Crippen MR) is 72.9 cm³/mol. The van der Waals surface area contributed by atoms with Crippen molar-refractivity contribution in [3.8, 4) is 6.07 Å². The molecule has 0 amide bonds. The molecule has 0 saturated carbocycles. The number of aryl methyl sites for hydroxylation is 1. The molecule has 108 valence electrons. The molecule has 0 aromatic heterocycles. The van der Waals surface area contributed by atoms with Crippen LogP contribution in [0.1, 0.15) is 18.9 Å². The van der Waals surface area contributed by atoms with Gasteiger partial charge in [0.25, 0.3) is 5.69 Å². The van der Waals surface area contributed by atoms with E-state index in [1.54, 1.807) is 0 Å². The number of hydrogen-bond acceptors (Lipinski definition) is 5. The Kier molecular flexibility index (Phi) is 5.05. The number of hydrogen-bond donors (Lipinski definition) is 1. The van der Waals surface area contributed by atoms with E-state index < -0.39 is 26.7 Å². The summed E-state index contributed by atoms with van der Waals surface area (Å²) in [5.74, 6) is 0. The average molecular weight is 318 g/mol. The van der Waals surface area contributed by atoms with E-state index in [1.807, 2.05) is 6.07 Å². The molecule has 20 heavy (non-hydrogen) atoms. The second-order valence-corrected chi connectivity index (χ2v) is 6.30. The highest BCUT2D eigenvalue weighted by atomic mass is 35.5. The summed E-state index contributed by atoms with van der Waals surface area (Å²) in [6, 6.07) is 3.38. The van der Waals surface area contributed by atoms with E-state index >= 15 is 0 Å². The van der Waals surface area contributed by atoms with Gasteiger partial charge in [0.05, 0.1) is 22.3 Å². The van der Waals surface area contributed by atoms with Crippen molar-refractivity contribution in [3.63, 3.8) is 0 Å². The Labute approximate surface area is 121 Å². The summed E-state index contributed by atoms with van der Waals surface area (Å²) < 4.78 is 26.6. The first-order chi connectivity index (χ1) is 9.19. The second kappa shape index (κ2) is 6.17. The van der Waals surface area contributed by atoms with Crippen molar-refractivity contribution >= 4 is 27.3 Å². The van der Waals surface area contributed by atoms with Crippen molar-refractivity contribution in [1.29, 1.82) is 5.26 Å². The van der Waals surface area contributed by atoms with E-state index in [1.165, 1.54) is 19.9 Å². The van der Waals surface area contributed by atoms with E-state index in [4.69, 9.17) is 16.9 Å². The van der Waals surface area contributed by atoms with Gasteiger partial charge in [-0.15, -0.1) is 0 Å². The minimum Gasteiger partial charge on any atom is -0.258 e. The summed E-state index contributed by atoms with van der Waals surface area (Å²) in [6.07, 6.45) is -0.00599. The van der Waals surface area contributed by atoms with E-state index in [0.717, 1.165) is 6.07 Å². The molecule has 0 aliphatic rings. The van der Waals surface area contributed by atoms with Crippen LogP contribution >= 0.6 is 11.6 Å². The van der Waals surface area contributed by atoms with Crippen LogP contribution in [0.4, 0.5) is 5.69 Å². The summed E-state index contributed by atoms with van der Waals surface area (Å²) in [5.41, 5.74) is -0.192. The molecular weight excluding hydrogens is 306 g/mol. The van der Waals surface area contributed by atoms with Gasteiger partial charge in [-0.2, -0.15) is 5.26 Å². The molecule has 0 fully saturated rings. The molecule has 1 rings (SSSR count). The summed E-state index contributed by atoms with van der Waals surface area (Å²) in [4.78, 5) is 9.83. The van der Waals surface area contributed by atoms with E-state index in [0.29, 0.717) is 0 Å². The zero-order chi connectivity index (χ0) is 15.5. The highest BCUT2D eigenvalue weighted by Gasteiger charge is 2.24. The molecule has 0 bridgehead atoms. The summed E-state index contributed by atoms with van der Waals surface area (Å²) in [6.45, 7) is 3.01. The molecule has 0 aliphatic carbocycles. The molecule has 7 nitrogen and oxygen atoms in total. The van der Waals surface area contributed by atoms with Gasteiger partial charge in [0.1, 0.15) is 5.02 Å². The van der Waals surface area contributed by atoms with Gasteiger partial charge in [0.15, 0.2) is 0 Å². The minimum absolute atomic E-state index is 0.00599. The van der Waals surface area contributed by atoms with Crippen LogP contribution in [0.2, 0.25) is 5.02 Å². The van der Waals surface area contributed by atoms with Crippen LogP contribution in [-0.2, 0) is 10.0 Å². The second-order valence-electron chi connectivity index (χ2n) is 4.21. The van der Waals surface area contributed by atoms with Crippen LogP contribution in [0.25, 0.3) is 0 Å². The lowest BCUT2D eigenvalue weighted by atomic mass is 10.2. The molecule has 0 heterocycles. The van der Waals surface area contributed by atoms with E-state index in [2.05, 4.69) is 4.72 Å². The Balaban J connectivity index is 3.29. The molecule has 1 aromatic carbocycles. The maximum absolute atomic E-state index is 12.1. The fourth-order valence-corrected chi connectivity index (χ4v) is 3.36. The monoisotopic (exact) mass is 317 g/mol. The zero-order valence-electron chi connectivity index (χ0n) is 10.8. The average Bonchev–Trinajstić information content (AvgIpc) is 2.27.